The summed E-state index contributed by atoms with van der Waals surface area (Å²) in [5.41, 5.74) is -4.43. The van der Waals surface area contributed by atoms with Crippen molar-refractivity contribution in [3.63, 3.8) is 0 Å². The van der Waals surface area contributed by atoms with Gasteiger partial charge in [-0.25, -0.2) is 4.39 Å². The van der Waals surface area contributed by atoms with Gasteiger partial charge in [-0.15, -0.1) is 0 Å². The Balaban J connectivity index is 2.41. The highest BCUT2D eigenvalue weighted by Crippen LogP contribution is 2.43. The van der Waals surface area contributed by atoms with Crippen molar-refractivity contribution in [3.8, 4) is 0 Å². The molecular formula is C24H16Cl3F10NO2. The van der Waals surface area contributed by atoms with Crippen LogP contribution in [0.25, 0.3) is 5.83 Å². The van der Waals surface area contributed by atoms with E-state index in [0.717, 1.165) is 12.1 Å². The SMILES string of the molecule is CC(NC(=O)CCC(=O)c1ccc(/C(F)=C/C(c2cc(Cl)c(Cl)c(Cl)c2)C(F)(F)F)cc1C(F)(F)F)C(F)(F)F. The quantitative estimate of drug-likeness (QED) is 0.177. The predicted molar refractivity (Wildman–Crippen MR) is 128 cm³/mol. The summed E-state index contributed by atoms with van der Waals surface area (Å²) in [5.74, 6) is -7.04. The number of hydrogen-bond donors (Lipinski definition) is 1. The van der Waals surface area contributed by atoms with Crippen LogP contribution in [0.1, 0.15) is 52.7 Å². The van der Waals surface area contributed by atoms with E-state index in [1.54, 1.807) is 0 Å². The fraction of sp³-hybridized carbons (Fsp3) is 0.333. The molecule has 40 heavy (non-hydrogen) atoms. The topological polar surface area (TPSA) is 46.2 Å². The van der Waals surface area contributed by atoms with Crippen LogP contribution in [0.3, 0.4) is 0 Å². The molecule has 2 unspecified atom stereocenters. The molecule has 0 aliphatic rings. The van der Waals surface area contributed by atoms with Gasteiger partial charge in [0.15, 0.2) is 5.78 Å². The summed E-state index contributed by atoms with van der Waals surface area (Å²) in [7, 11) is 0. The molecular weight excluding hydrogens is 631 g/mol. The minimum absolute atomic E-state index is 0.0148. The van der Waals surface area contributed by atoms with Crippen molar-refractivity contribution >= 4 is 52.3 Å². The number of nitrogens with one attached hydrogen (secondary N) is 1. The minimum atomic E-state index is -5.30. The number of allylic oxidation sites excluding steroid dienone is 1. The standard InChI is InChI=1S/C24H16Cl3F10NO2/c1-10(22(29,30)31)38-20(40)5-4-19(39)13-3-2-11(6-15(13)24(35,36)37)18(28)9-14(23(32,33)34)12-7-16(25)21(27)17(26)8-12/h2-3,6-10,14H,4-5H2,1H3,(H,38,40)/b18-9-. The van der Waals surface area contributed by atoms with Crippen molar-refractivity contribution in [2.24, 2.45) is 0 Å². The van der Waals surface area contributed by atoms with Gasteiger partial charge in [-0.3, -0.25) is 9.59 Å². The molecule has 0 aliphatic carbocycles. The van der Waals surface area contributed by atoms with Crippen molar-refractivity contribution in [1.29, 1.82) is 0 Å². The molecule has 0 saturated carbocycles. The average molecular weight is 647 g/mol. The van der Waals surface area contributed by atoms with Gasteiger partial charge in [0.2, 0.25) is 5.91 Å². The molecule has 0 radical (unpaired) electrons. The maximum absolute atomic E-state index is 14.9. The first-order chi connectivity index (χ1) is 18.1. The van der Waals surface area contributed by atoms with Gasteiger partial charge in [0.1, 0.15) is 17.8 Å². The van der Waals surface area contributed by atoms with Gasteiger partial charge in [0.25, 0.3) is 0 Å². The van der Waals surface area contributed by atoms with E-state index >= 15 is 0 Å². The molecule has 0 aliphatic heterocycles. The van der Waals surface area contributed by atoms with Crippen molar-refractivity contribution in [3.05, 3.63) is 73.7 Å². The van der Waals surface area contributed by atoms with Crippen LogP contribution >= 0.6 is 34.8 Å². The first-order valence-corrected chi connectivity index (χ1v) is 12.0. The van der Waals surface area contributed by atoms with Gasteiger partial charge < -0.3 is 5.32 Å². The Labute approximate surface area is 235 Å². The Bertz CT molecular complexity index is 1280. The van der Waals surface area contributed by atoms with Crippen LogP contribution in [0, 0.1) is 0 Å². The van der Waals surface area contributed by atoms with Gasteiger partial charge in [-0.2, -0.15) is 39.5 Å². The summed E-state index contributed by atoms with van der Waals surface area (Å²) < 4.78 is 135. The van der Waals surface area contributed by atoms with Crippen LogP contribution in [0.5, 0.6) is 0 Å². The zero-order chi connectivity index (χ0) is 30.8. The molecule has 2 rings (SSSR count). The maximum Gasteiger partial charge on any atom is 0.417 e. The van der Waals surface area contributed by atoms with Gasteiger partial charge in [-0.1, -0.05) is 46.9 Å². The third-order valence-corrected chi connectivity index (χ3v) is 6.58. The second kappa shape index (κ2) is 12.6. The highest BCUT2D eigenvalue weighted by molar-refractivity contribution is 6.48. The van der Waals surface area contributed by atoms with E-state index in [-0.39, 0.29) is 17.2 Å². The number of alkyl halides is 9. The number of amides is 1. The molecule has 3 nitrogen and oxygen atoms in total. The van der Waals surface area contributed by atoms with E-state index in [1.807, 2.05) is 0 Å². The Morgan fingerprint density at radius 2 is 1.43 bits per heavy atom. The molecule has 1 amide bonds. The molecule has 0 saturated heterocycles. The first kappa shape index (κ1) is 33.7. The van der Waals surface area contributed by atoms with E-state index in [9.17, 15) is 53.5 Å². The maximum atomic E-state index is 14.9. The Hall–Kier alpha value is -2.51. The molecule has 0 spiro atoms. The van der Waals surface area contributed by atoms with Crippen LogP contribution in [0.15, 0.2) is 36.4 Å². The molecule has 16 heteroatoms. The monoisotopic (exact) mass is 645 g/mol. The number of hydrogen-bond acceptors (Lipinski definition) is 2. The van der Waals surface area contributed by atoms with Crippen LogP contribution in [0.2, 0.25) is 15.1 Å². The van der Waals surface area contributed by atoms with Crippen LogP contribution < -0.4 is 5.32 Å². The largest absolute Gasteiger partial charge is 0.417 e. The second-order valence-electron chi connectivity index (χ2n) is 8.34. The molecule has 2 aromatic carbocycles. The second-order valence-corrected chi connectivity index (χ2v) is 9.54. The minimum Gasteiger partial charge on any atom is -0.345 e. The predicted octanol–water partition coefficient (Wildman–Crippen LogP) is 9.35. The number of rotatable bonds is 8. The van der Waals surface area contributed by atoms with Crippen molar-refractivity contribution in [2.45, 2.75) is 50.3 Å². The molecule has 0 aromatic heterocycles. The first-order valence-electron chi connectivity index (χ1n) is 10.8. The fourth-order valence-electron chi connectivity index (χ4n) is 3.30. The fourth-order valence-corrected chi connectivity index (χ4v) is 3.92. The zero-order valence-corrected chi connectivity index (χ0v) is 22.0. The number of halogens is 13. The molecule has 220 valence electrons. The molecule has 2 atom stereocenters. The normalized spacial score (nSPS) is 14.6. The lowest BCUT2D eigenvalue weighted by molar-refractivity contribution is -0.158. The molecule has 1 N–H and O–H groups in total. The summed E-state index contributed by atoms with van der Waals surface area (Å²) in [5, 5.41) is 0.475. The van der Waals surface area contributed by atoms with E-state index in [4.69, 9.17) is 34.8 Å². The smallest absolute Gasteiger partial charge is 0.345 e. The number of carbonyl (C=O) groups is 2. The van der Waals surface area contributed by atoms with E-state index < -0.39 is 93.1 Å². The number of carbonyl (C=O) groups excluding carboxylic acids is 2. The summed E-state index contributed by atoms with van der Waals surface area (Å²) in [6.45, 7) is 0.613. The van der Waals surface area contributed by atoms with Gasteiger partial charge >= 0.3 is 18.5 Å². The lowest BCUT2D eigenvalue weighted by Crippen LogP contribution is -2.43. The van der Waals surface area contributed by atoms with E-state index in [1.165, 1.54) is 5.32 Å². The van der Waals surface area contributed by atoms with Crippen molar-refractivity contribution in [2.75, 3.05) is 0 Å². The summed E-state index contributed by atoms with van der Waals surface area (Å²) in [6, 6.07) is 0.423. The molecule has 2 aromatic rings. The highest BCUT2D eigenvalue weighted by Gasteiger charge is 2.41. The number of benzene rings is 2. The van der Waals surface area contributed by atoms with Gasteiger partial charge in [0.05, 0.1) is 20.6 Å². The lowest BCUT2D eigenvalue weighted by Gasteiger charge is -2.19. The third kappa shape index (κ3) is 8.74. The van der Waals surface area contributed by atoms with E-state index in [2.05, 4.69) is 0 Å². The molecule has 0 fully saturated rings. The third-order valence-electron chi connectivity index (χ3n) is 5.38. The lowest BCUT2D eigenvalue weighted by atomic mass is 9.94. The average Bonchev–Trinajstić information content (AvgIpc) is 2.81. The Morgan fingerprint density at radius 3 is 1.90 bits per heavy atom. The van der Waals surface area contributed by atoms with E-state index in [0.29, 0.717) is 19.1 Å². The molecule has 0 bridgehead atoms. The molecule has 0 heterocycles. The Kier molecular flexibility index (Phi) is 10.6. The summed E-state index contributed by atoms with van der Waals surface area (Å²) >= 11 is 17.2. The summed E-state index contributed by atoms with van der Waals surface area (Å²) in [6.07, 6.45) is -17.1. The Morgan fingerprint density at radius 1 is 0.875 bits per heavy atom. The van der Waals surface area contributed by atoms with Gasteiger partial charge in [-0.05, 0) is 36.8 Å². The zero-order valence-electron chi connectivity index (χ0n) is 19.8. The number of Topliss-reactive ketones (excluding diaryl/α,β-unsaturated/α-hetero) is 1. The summed E-state index contributed by atoms with van der Waals surface area (Å²) in [4.78, 5) is 24.0. The van der Waals surface area contributed by atoms with Crippen molar-refractivity contribution in [1.82, 2.24) is 5.32 Å². The van der Waals surface area contributed by atoms with Gasteiger partial charge in [0, 0.05) is 24.0 Å². The number of ketones is 1. The van der Waals surface area contributed by atoms with Crippen LogP contribution in [0.4, 0.5) is 43.9 Å². The van der Waals surface area contributed by atoms with Crippen LogP contribution in [-0.2, 0) is 11.0 Å². The van der Waals surface area contributed by atoms with Crippen molar-refractivity contribution < 1.29 is 53.5 Å². The highest BCUT2D eigenvalue weighted by atomic mass is 35.5. The van der Waals surface area contributed by atoms with Crippen LogP contribution in [-0.4, -0.2) is 30.1 Å².